The molecule has 0 radical (unpaired) electrons. The van der Waals surface area contributed by atoms with Gasteiger partial charge in [-0.25, -0.2) is 0 Å². The van der Waals surface area contributed by atoms with E-state index in [0.717, 1.165) is 25.9 Å². The molecule has 6 nitrogen and oxygen atoms in total. The van der Waals surface area contributed by atoms with Gasteiger partial charge >= 0.3 is 16.1 Å². The molecule has 0 heterocycles. The van der Waals surface area contributed by atoms with Crippen LogP contribution in [0.15, 0.2) is 23.1 Å². The van der Waals surface area contributed by atoms with Crippen LogP contribution in [-0.2, 0) is 23.9 Å². The first-order chi connectivity index (χ1) is 13.0. The third kappa shape index (κ3) is 10.4. The average molecular weight is 400 g/mol. The van der Waals surface area contributed by atoms with Crippen molar-refractivity contribution in [2.24, 2.45) is 0 Å². The first-order valence-electron chi connectivity index (χ1n) is 10.1. The van der Waals surface area contributed by atoms with Gasteiger partial charge in [0.1, 0.15) is 4.91 Å². The fraction of sp³-hybridized carbons (Fsp3) is 0.700. The molecule has 0 aromatic carbocycles. The minimum absolute atomic E-state index is 0.00829. The van der Waals surface area contributed by atoms with Gasteiger partial charge in [-0.3, -0.25) is 9.59 Å². The topological polar surface area (TPSA) is 89.5 Å². The van der Waals surface area contributed by atoms with Crippen molar-refractivity contribution >= 4 is 21.9 Å². The molecule has 1 aliphatic rings. The first kappa shape index (κ1) is 23.6. The van der Waals surface area contributed by atoms with E-state index < -0.39 is 26.8 Å². The fourth-order valence-electron chi connectivity index (χ4n) is 2.81. The smallest absolute Gasteiger partial charge is 0.342 e. The lowest BCUT2D eigenvalue weighted by atomic mass is 10.1. The Balaban J connectivity index is 2.05. The number of Topliss-reactive ketones (excluding diaryl/α,β-unsaturated/α-hetero) is 1. The molecule has 0 unspecified atom stereocenters. The Kier molecular flexibility index (Phi) is 11.9. The number of carbonyl (C=O) groups excluding carboxylic acids is 2. The van der Waals surface area contributed by atoms with Gasteiger partial charge in [-0.05, 0) is 38.4 Å². The monoisotopic (exact) mass is 399 g/mol. The zero-order valence-corrected chi connectivity index (χ0v) is 17.2. The van der Waals surface area contributed by atoms with Crippen molar-refractivity contribution in [3.05, 3.63) is 23.1 Å². The Labute approximate surface area is 163 Å². The third-order valence-electron chi connectivity index (χ3n) is 4.38. The van der Waals surface area contributed by atoms with Crippen molar-refractivity contribution in [1.82, 2.24) is 5.32 Å². The van der Waals surface area contributed by atoms with Crippen molar-refractivity contribution in [2.45, 2.75) is 77.6 Å². The second kappa shape index (κ2) is 13.7. The van der Waals surface area contributed by atoms with Gasteiger partial charge in [0.05, 0.1) is 0 Å². The van der Waals surface area contributed by atoms with Gasteiger partial charge in [0.25, 0.3) is 0 Å². The van der Waals surface area contributed by atoms with Crippen LogP contribution in [0.25, 0.3) is 0 Å². The van der Waals surface area contributed by atoms with E-state index in [1.165, 1.54) is 50.7 Å². The summed E-state index contributed by atoms with van der Waals surface area (Å²) in [5, 5.41) is 3.39. The summed E-state index contributed by atoms with van der Waals surface area (Å²) in [7, 11) is -4.30. The summed E-state index contributed by atoms with van der Waals surface area (Å²) in [6.45, 7) is 4.13. The lowest BCUT2D eigenvalue weighted by molar-refractivity contribution is -0.133. The molecular weight excluding hydrogens is 366 g/mol. The number of ketones is 1. The number of unbranched alkanes of at least 4 members (excludes halogenated alkanes) is 7. The number of hydrogen-bond donors (Lipinski definition) is 1. The predicted octanol–water partition coefficient (Wildman–Crippen LogP) is 3.78. The number of rotatable bonds is 15. The Hall–Kier alpha value is -1.47. The molecule has 0 spiro atoms. The van der Waals surface area contributed by atoms with Gasteiger partial charge in [0, 0.05) is 12.8 Å². The number of hydrogen-bond acceptors (Lipinski definition) is 6. The average Bonchev–Trinajstić information content (AvgIpc) is 2.62. The lowest BCUT2D eigenvalue weighted by Gasteiger charge is -2.09. The molecule has 0 amide bonds. The molecular formula is C20H33NO5S. The molecule has 0 bridgehead atoms. The van der Waals surface area contributed by atoms with E-state index in [1.807, 2.05) is 0 Å². The van der Waals surface area contributed by atoms with Crippen molar-refractivity contribution in [3.8, 4) is 0 Å². The van der Waals surface area contributed by atoms with Crippen LogP contribution in [0.5, 0.6) is 0 Å². The molecule has 7 heteroatoms. The highest BCUT2D eigenvalue weighted by molar-refractivity contribution is 7.92. The summed E-state index contributed by atoms with van der Waals surface area (Å²) < 4.78 is 28.4. The van der Waals surface area contributed by atoms with Crippen molar-refractivity contribution < 1.29 is 22.2 Å². The summed E-state index contributed by atoms with van der Waals surface area (Å²) in [6.07, 6.45) is 14.3. The Morgan fingerprint density at radius 1 is 1.04 bits per heavy atom. The third-order valence-corrected chi connectivity index (χ3v) is 5.68. The van der Waals surface area contributed by atoms with Crippen LogP contribution in [-0.4, -0.2) is 33.3 Å². The quantitative estimate of drug-likeness (QED) is 0.333. The molecule has 0 aromatic heterocycles. The summed E-state index contributed by atoms with van der Waals surface area (Å²) in [5.74, 6) is -1.36. The van der Waals surface area contributed by atoms with Crippen molar-refractivity contribution in [3.63, 3.8) is 0 Å². The van der Waals surface area contributed by atoms with E-state index in [2.05, 4.69) is 16.4 Å². The van der Waals surface area contributed by atoms with Crippen LogP contribution in [0.3, 0.4) is 0 Å². The number of carbonyl (C=O) groups is 2. The van der Waals surface area contributed by atoms with Crippen LogP contribution in [0.1, 0.15) is 77.6 Å². The molecule has 1 aliphatic carbocycles. The summed E-state index contributed by atoms with van der Waals surface area (Å²) in [6, 6.07) is 0. The summed E-state index contributed by atoms with van der Waals surface area (Å²) in [4.78, 5) is 22.9. The zero-order chi connectivity index (χ0) is 20.0. The second-order valence-corrected chi connectivity index (χ2v) is 8.34. The maximum absolute atomic E-state index is 11.9. The molecule has 0 aliphatic heterocycles. The van der Waals surface area contributed by atoms with Gasteiger partial charge in [0.2, 0.25) is 0 Å². The zero-order valence-electron chi connectivity index (χ0n) is 16.4. The highest BCUT2D eigenvalue weighted by atomic mass is 32.2. The van der Waals surface area contributed by atoms with Crippen LogP contribution >= 0.6 is 0 Å². The molecule has 1 rings (SSSR count). The van der Waals surface area contributed by atoms with Crippen LogP contribution in [0.4, 0.5) is 0 Å². The highest BCUT2D eigenvalue weighted by Crippen LogP contribution is 2.17. The Bertz CT molecular complexity index is 622. The minimum Gasteiger partial charge on any atom is -0.342 e. The van der Waals surface area contributed by atoms with E-state index in [0.29, 0.717) is 6.42 Å². The molecule has 0 aromatic rings. The highest BCUT2D eigenvalue weighted by Gasteiger charge is 2.28. The van der Waals surface area contributed by atoms with E-state index >= 15 is 0 Å². The van der Waals surface area contributed by atoms with Gasteiger partial charge < -0.3 is 9.50 Å². The second-order valence-electron chi connectivity index (χ2n) is 6.82. The molecule has 27 heavy (non-hydrogen) atoms. The predicted molar refractivity (Wildman–Crippen MR) is 107 cm³/mol. The van der Waals surface area contributed by atoms with Gasteiger partial charge in [0.15, 0.2) is 5.78 Å². The Morgan fingerprint density at radius 3 is 2.33 bits per heavy atom. The van der Waals surface area contributed by atoms with Gasteiger partial charge in [-0.15, -0.1) is 0 Å². The molecule has 154 valence electrons. The van der Waals surface area contributed by atoms with E-state index in [4.69, 9.17) is 0 Å². The van der Waals surface area contributed by atoms with Gasteiger partial charge in [-0.2, -0.15) is 8.42 Å². The standard InChI is InChI=1S/C20H33NO5S/c1-2-3-4-5-6-11-16-21-17-12-7-8-15-20(23)26-27(24,25)19-14-10-9-13-18(19)22/h9-10,14,21H,2-8,11-13,15-17H2,1H3. The van der Waals surface area contributed by atoms with Gasteiger partial charge in [-0.1, -0.05) is 57.6 Å². The van der Waals surface area contributed by atoms with E-state index in [-0.39, 0.29) is 12.8 Å². The summed E-state index contributed by atoms with van der Waals surface area (Å²) in [5.41, 5.74) is 0. The summed E-state index contributed by atoms with van der Waals surface area (Å²) >= 11 is 0. The van der Waals surface area contributed by atoms with E-state index in [1.54, 1.807) is 6.08 Å². The molecule has 0 fully saturated rings. The van der Waals surface area contributed by atoms with Crippen molar-refractivity contribution in [2.75, 3.05) is 13.1 Å². The minimum atomic E-state index is -4.30. The van der Waals surface area contributed by atoms with E-state index in [9.17, 15) is 18.0 Å². The molecule has 1 N–H and O–H groups in total. The van der Waals surface area contributed by atoms with Crippen LogP contribution in [0.2, 0.25) is 0 Å². The normalized spacial score (nSPS) is 14.3. The number of nitrogens with one attached hydrogen (secondary N) is 1. The Morgan fingerprint density at radius 2 is 1.67 bits per heavy atom. The lowest BCUT2D eigenvalue weighted by Crippen LogP contribution is -2.20. The van der Waals surface area contributed by atoms with Crippen LogP contribution in [0, 0.1) is 0 Å². The number of allylic oxidation sites excluding steroid dienone is 4. The SMILES string of the molecule is CCCCCCCCNCCCCCC(=O)OS(=O)(=O)C1=CC=CCC1=O. The molecule has 0 saturated heterocycles. The molecule has 0 saturated carbocycles. The first-order valence-corrected chi connectivity index (χ1v) is 11.5. The fourth-order valence-corrected chi connectivity index (χ4v) is 3.83. The van der Waals surface area contributed by atoms with Crippen molar-refractivity contribution in [1.29, 1.82) is 0 Å². The van der Waals surface area contributed by atoms with Crippen LogP contribution < -0.4 is 5.32 Å². The maximum Gasteiger partial charge on any atom is 0.345 e. The maximum atomic E-state index is 11.9. The largest absolute Gasteiger partial charge is 0.345 e. The molecule has 0 atom stereocenters.